The molecular weight excluding hydrogens is 235 g/mol. The van der Waals surface area contributed by atoms with E-state index in [-0.39, 0.29) is 4.67 Å². The van der Waals surface area contributed by atoms with Crippen molar-refractivity contribution in [3.8, 4) is 0 Å². The van der Waals surface area contributed by atoms with Crippen LogP contribution in [0.15, 0.2) is 16.7 Å². The molecule has 0 radical (unpaired) electrons. The van der Waals surface area contributed by atoms with Crippen molar-refractivity contribution in [2.24, 2.45) is 0 Å². The number of pyridine rings is 1. The Morgan fingerprint density at radius 1 is 1.58 bits per heavy atom. The molecule has 62 valence electrons. The smallest absolute Gasteiger partial charge is 0.123 e. The van der Waals surface area contributed by atoms with Gasteiger partial charge in [0.1, 0.15) is 15.7 Å². The third kappa shape index (κ3) is 2.27. The lowest BCUT2D eigenvalue weighted by Crippen LogP contribution is -2.20. The first-order valence-corrected chi connectivity index (χ1v) is 4.90. The number of rotatable bonds is 1. The third-order valence-corrected chi connectivity index (χ3v) is 2.33. The minimum absolute atomic E-state index is 0.346. The molecule has 0 spiro atoms. The summed E-state index contributed by atoms with van der Waals surface area (Å²) in [7, 11) is 3.93. The molecule has 0 atom stereocenters. The number of aromatic nitrogens is 1. The van der Waals surface area contributed by atoms with Crippen LogP contribution in [0.2, 0.25) is 0 Å². The summed E-state index contributed by atoms with van der Waals surface area (Å²) in [5.74, 6) is 0. The lowest BCUT2D eigenvalue weighted by atomic mass is 9.65. The standard InChI is InChI=1S/C7H9B2BrClN/c1-4-6(7(8,9)11)2-5(10)3-12-4/h2-3H,8-9H2,1H3. The van der Waals surface area contributed by atoms with Crippen molar-refractivity contribution in [1.82, 2.24) is 4.98 Å². The fourth-order valence-electron chi connectivity index (χ4n) is 1.11. The quantitative estimate of drug-likeness (QED) is 0.525. The predicted molar refractivity (Wildman–Crippen MR) is 61.3 cm³/mol. The van der Waals surface area contributed by atoms with Gasteiger partial charge in [0.2, 0.25) is 0 Å². The zero-order chi connectivity index (χ0) is 9.35. The van der Waals surface area contributed by atoms with Crippen molar-refractivity contribution in [2.75, 3.05) is 0 Å². The van der Waals surface area contributed by atoms with Gasteiger partial charge < -0.3 is 0 Å². The average Bonchev–Trinajstić information content (AvgIpc) is 1.92. The topological polar surface area (TPSA) is 12.9 Å². The molecule has 0 fully saturated rings. The highest BCUT2D eigenvalue weighted by Crippen LogP contribution is 2.25. The van der Waals surface area contributed by atoms with Crippen LogP contribution in [0.4, 0.5) is 0 Å². The fraction of sp³-hybridized carbons (Fsp3) is 0.286. The van der Waals surface area contributed by atoms with Crippen molar-refractivity contribution in [3.05, 3.63) is 28.0 Å². The number of nitrogens with zero attached hydrogens (tertiary/aromatic N) is 1. The van der Waals surface area contributed by atoms with Crippen LogP contribution in [0.3, 0.4) is 0 Å². The average molecular weight is 244 g/mol. The second kappa shape index (κ2) is 3.43. The zero-order valence-corrected chi connectivity index (χ0v) is 9.70. The molecule has 0 aromatic carbocycles. The van der Waals surface area contributed by atoms with Crippen LogP contribution in [-0.4, -0.2) is 20.7 Å². The first kappa shape index (κ1) is 10.1. The lowest BCUT2D eigenvalue weighted by molar-refractivity contribution is 1.08. The fourth-order valence-corrected chi connectivity index (χ4v) is 1.63. The molecule has 1 heterocycles. The maximum Gasteiger partial charge on any atom is 0.123 e. The SMILES string of the molecule is BC(B)(Cl)c1cc(Br)cnc1C. The molecule has 0 N–H and O–H groups in total. The summed E-state index contributed by atoms with van der Waals surface area (Å²) < 4.78 is 0.623. The van der Waals surface area contributed by atoms with Crippen molar-refractivity contribution < 1.29 is 0 Å². The molecular formula is C7H9B2BrClN. The van der Waals surface area contributed by atoms with Crippen molar-refractivity contribution >= 4 is 43.2 Å². The monoisotopic (exact) mass is 243 g/mol. The van der Waals surface area contributed by atoms with Gasteiger partial charge in [-0.25, -0.2) is 0 Å². The summed E-state index contributed by atoms with van der Waals surface area (Å²) in [4.78, 5) is 4.21. The van der Waals surface area contributed by atoms with Crippen LogP contribution in [0.1, 0.15) is 11.3 Å². The molecule has 0 saturated heterocycles. The Morgan fingerprint density at radius 3 is 2.58 bits per heavy atom. The Labute approximate surface area is 87.9 Å². The predicted octanol–water partition coefficient (Wildman–Crippen LogP) is 0.768. The summed E-state index contributed by atoms with van der Waals surface area (Å²) in [6, 6.07) is 2.01. The van der Waals surface area contributed by atoms with Crippen molar-refractivity contribution in [1.29, 1.82) is 0 Å². The normalized spacial score (nSPS) is 11.6. The summed E-state index contributed by atoms with van der Waals surface area (Å²) >= 11 is 9.54. The van der Waals surface area contributed by atoms with Gasteiger partial charge in [0.25, 0.3) is 0 Å². The number of aryl methyl sites for hydroxylation is 1. The molecule has 0 saturated carbocycles. The number of hydrogen-bond acceptors (Lipinski definition) is 1. The van der Waals surface area contributed by atoms with Crippen LogP contribution >= 0.6 is 27.5 Å². The van der Waals surface area contributed by atoms with E-state index >= 15 is 0 Å². The summed E-state index contributed by atoms with van der Waals surface area (Å²) in [6.07, 6.45) is 1.78. The first-order valence-electron chi connectivity index (χ1n) is 3.73. The summed E-state index contributed by atoms with van der Waals surface area (Å²) in [6.45, 7) is 1.96. The van der Waals surface area contributed by atoms with E-state index < -0.39 is 0 Å². The Bertz CT molecular complexity index is 298. The van der Waals surface area contributed by atoms with E-state index in [1.165, 1.54) is 0 Å². The van der Waals surface area contributed by atoms with E-state index in [0.29, 0.717) is 0 Å². The van der Waals surface area contributed by atoms with Gasteiger partial charge in [0, 0.05) is 21.0 Å². The number of halogens is 2. The molecule has 12 heavy (non-hydrogen) atoms. The summed E-state index contributed by atoms with van der Waals surface area (Å²) in [5, 5.41) is 0. The largest absolute Gasteiger partial charge is 0.260 e. The van der Waals surface area contributed by atoms with Gasteiger partial charge in [-0.1, -0.05) is 0 Å². The molecule has 5 heteroatoms. The van der Waals surface area contributed by atoms with Gasteiger partial charge in [-0.05, 0) is 34.5 Å². The van der Waals surface area contributed by atoms with E-state index in [2.05, 4.69) is 20.9 Å². The van der Waals surface area contributed by atoms with Gasteiger partial charge in [0.05, 0.1) is 0 Å². The molecule has 0 aliphatic heterocycles. The van der Waals surface area contributed by atoms with E-state index in [1.807, 2.05) is 28.7 Å². The Balaban J connectivity index is 3.23. The van der Waals surface area contributed by atoms with Gasteiger partial charge in [-0.2, -0.15) is 0 Å². The second-order valence-electron chi connectivity index (χ2n) is 3.26. The molecule has 1 aromatic rings. The molecule has 0 bridgehead atoms. The van der Waals surface area contributed by atoms with Crippen LogP contribution in [0.25, 0.3) is 0 Å². The van der Waals surface area contributed by atoms with Crippen LogP contribution in [0.5, 0.6) is 0 Å². The number of alkyl halides is 1. The minimum atomic E-state index is -0.346. The number of hydrogen-bond donors (Lipinski definition) is 0. The Hall–Kier alpha value is 0.0499. The molecule has 0 aliphatic carbocycles. The third-order valence-electron chi connectivity index (χ3n) is 1.69. The lowest BCUT2D eigenvalue weighted by Gasteiger charge is -2.18. The first-order chi connectivity index (χ1) is 5.41. The van der Waals surface area contributed by atoms with E-state index in [0.717, 1.165) is 15.7 Å². The van der Waals surface area contributed by atoms with Crippen LogP contribution in [-0.2, 0) is 4.67 Å². The maximum atomic E-state index is 6.17. The van der Waals surface area contributed by atoms with Crippen LogP contribution in [0, 0.1) is 6.92 Å². The van der Waals surface area contributed by atoms with Gasteiger partial charge in [-0.3, -0.25) is 4.98 Å². The highest BCUT2D eigenvalue weighted by Gasteiger charge is 2.19. The molecule has 1 aromatic heterocycles. The van der Waals surface area contributed by atoms with E-state index in [1.54, 1.807) is 6.20 Å². The van der Waals surface area contributed by atoms with Gasteiger partial charge >= 0.3 is 0 Å². The zero-order valence-electron chi connectivity index (χ0n) is 7.36. The van der Waals surface area contributed by atoms with Crippen molar-refractivity contribution in [2.45, 2.75) is 11.6 Å². The maximum absolute atomic E-state index is 6.17. The van der Waals surface area contributed by atoms with Gasteiger partial charge in [-0.15, -0.1) is 11.6 Å². The molecule has 1 nitrogen and oxygen atoms in total. The molecule has 1 rings (SSSR count). The molecule has 0 unspecified atom stereocenters. The Kier molecular flexibility index (Phi) is 2.89. The highest BCUT2D eigenvalue weighted by atomic mass is 79.9. The van der Waals surface area contributed by atoms with E-state index in [4.69, 9.17) is 11.6 Å². The van der Waals surface area contributed by atoms with Crippen LogP contribution < -0.4 is 0 Å². The van der Waals surface area contributed by atoms with E-state index in [9.17, 15) is 0 Å². The Morgan fingerprint density at radius 2 is 2.17 bits per heavy atom. The van der Waals surface area contributed by atoms with Gasteiger partial charge in [0.15, 0.2) is 0 Å². The highest BCUT2D eigenvalue weighted by molar-refractivity contribution is 9.10. The molecule has 0 amide bonds. The molecule has 0 aliphatic rings. The van der Waals surface area contributed by atoms with Crippen molar-refractivity contribution in [3.63, 3.8) is 0 Å². The second-order valence-corrected chi connectivity index (χ2v) is 5.12. The minimum Gasteiger partial charge on any atom is -0.260 e. The summed E-state index contributed by atoms with van der Waals surface area (Å²) in [5.41, 5.74) is 2.05.